The molecular formula is C11H11F2NO4. The predicted molar refractivity (Wildman–Crippen MR) is 56.9 cm³/mol. The van der Waals surface area contributed by atoms with E-state index in [1.54, 1.807) is 0 Å². The van der Waals surface area contributed by atoms with E-state index >= 15 is 0 Å². The molecule has 7 heteroatoms. The SMILES string of the molecule is CC(O)C(NC(=O)c1cc(F)ccc1F)C(=O)O. The van der Waals surface area contributed by atoms with Gasteiger partial charge in [-0.2, -0.15) is 0 Å². The zero-order valence-corrected chi connectivity index (χ0v) is 9.35. The molecule has 0 fully saturated rings. The second kappa shape index (κ2) is 5.54. The molecule has 0 radical (unpaired) electrons. The van der Waals surface area contributed by atoms with Crippen molar-refractivity contribution in [2.45, 2.75) is 19.1 Å². The molecule has 0 aliphatic rings. The van der Waals surface area contributed by atoms with Crippen LogP contribution in [0.5, 0.6) is 0 Å². The minimum absolute atomic E-state index is 0.623. The maximum Gasteiger partial charge on any atom is 0.328 e. The van der Waals surface area contributed by atoms with Gasteiger partial charge in [-0.3, -0.25) is 4.79 Å². The number of aliphatic hydroxyl groups excluding tert-OH is 1. The smallest absolute Gasteiger partial charge is 0.328 e. The molecule has 0 aromatic heterocycles. The van der Waals surface area contributed by atoms with Crippen LogP contribution in [0.4, 0.5) is 8.78 Å². The Labute approximate surface area is 101 Å². The van der Waals surface area contributed by atoms with Crippen LogP contribution in [0.1, 0.15) is 17.3 Å². The lowest BCUT2D eigenvalue weighted by atomic mass is 10.1. The Bertz CT molecular complexity index is 476. The average Bonchev–Trinajstić information content (AvgIpc) is 2.28. The number of carboxylic acids is 1. The number of carboxylic acid groups (broad SMARTS) is 1. The largest absolute Gasteiger partial charge is 0.480 e. The van der Waals surface area contributed by atoms with Gasteiger partial charge in [0.05, 0.1) is 11.7 Å². The molecule has 5 nitrogen and oxygen atoms in total. The van der Waals surface area contributed by atoms with E-state index in [9.17, 15) is 18.4 Å². The summed E-state index contributed by atoms with van der Waals surface area (Å²) in [5.74, 6) is -4.40. The van der Waals surface area contributed by atoms with Gasteiger partial charge in [0.25, 0.3) is 5.91 Å². The van der Waals surface area contributed by atoms with Gasteiger partial charge in [0, 0.05) is 0 Å². The first-order valence-electron chi connectivity index (χ1n) is 4.99. The summed E-state index contributed by atoms with van der Waals surface area (Å²) in [5.41, 5.74) is -0.623. The topological polar surface area (TPSA) is 86.6 Å². The van der Waals surface area contributed by atoms with Crippen molar-refractivity contribution < 1.29 is 28.6 Å². The minimum atomic E-state index is -1.60. The van der Waals surface area contributed by atoms with Crippen molar-refractivity contribution in [1.29, 1.82) is 0 Å². The van der Waals surface area contributed by atoms with Crippen LogP contribution in [0, 0.1) is 11.6 Å². The van der Waals surface area contributed by atoms with Gasteiger partial charge in [-0.1, -0.05) is 0 Å². The third-order valence-electron chi connectivity index (χ3n) is 2.21. The van der Waals surface area contributed by atoms with Gasteiger partial charge < -0.3 is 15.5 Å². The van der Waals surface area contributed by atoms with Crippen LogP contribution in [-0.4, -0.2) is 34.2 Å². The van der Waals surface area contributed by atoms with Crippen molar-refractivity contribution in [1.82, 2.24) is 5.32 Å². The van der Waals surface area contributed by atoms with Crippen molar-refractivity contribution >= 4 is 11.9 Å². The molecule has 3 N–H and O–H groups in total. The number of halogens is 2. The van der Waals surface area contributed by atoms with Gasteiger partial charge in [0.2, 0.25) is 0 Å². The molecule has 0 saturated heterocycles. The summed E-state index contributed by atoms with van der Waals surface area (Å²) in [6.45, 7) is 1.15. The first-order chi connectivity index (χ1) is 8.32. The second-order valence-corrected chi connectivity index (χ2v) is 3.65. The van der Waals surface area contributed by atoms with E-state index in [0.29, 0.717) is 6.07 Å². The molecule has 0 bridgehead atoms. The molecule has 0 spiro atoms. The monoisotopic (exact) mass is 259 g/mol. The maximum atomic E-state index is 13.2. The van der Waals surface area contributed by atoms with Gasteiger partial charge in [0.15, 0.2) is 6.04 Å². The zero-order valence-electron chi connectivity index (χ0n) is 9.35. The van der Waals surface area contributed by atoms with Gasteiger partial charge in [-0.15, -0.1) is 0 Å². The van der Waals surface area contributed by atoms with Crippen LogP contribution < -0.4 is 5.32 Å². The molecule has 0 aliphatic carbocycles. The number of carbonyl (C=O) groups excluding carboxylic acids is 1. The molecule has 0 saturated carbocycles. The number of rotatable bonds is 4. The van der Waals surface area contributed by atoms with E-state index < -0.39 is 41.2 Å². The number of benzene rings is 1. The van der Waals surface area contributed by atoms with Crippen LogP contribution in [0.15, 0.2) is 18.2 Å². The summed E-state index contributed by atoms with van der Waals surface area (Å²) < 4.78 is 26.1. The molecule has 1 amide bonds. The van der Waals surface area contributed by atoms with E-state index in [0.717, 1.165) is 19.1 Å². The Morgan fingerprint density at radius 1 is 1.33 bits per heavy atom. The summed E-state index contributed by atoms with van der Waals surface area (Å²) in [6.07, 6.45) is -1.37. The minimum Gasteiger partial charge on any atom is -0.480 e. The Morgan fingerprint density at radius 3 is 2.44 bits per heavy atom. The Kier molecular flexibility index (Phi) is 4.33. The number of hydrogen-bond donors (Lipinski definition) is 3. The van der Waals surface area contributed by atoms with Gasteiger partial charge in [-0.25, -0.2) is 13.6 Å². The van der Waals surface area contributed by atoms with Crippen molar-refractivity contribution in [3.8, 4) is 0 Å². The van der Waals surface area contributed by atoms with Crippen molar-refractivity contribution in [3.05, 3.63) is 35.4 Å². The molecule has 0 aliphatic heterocycles. The summed E-state index contributed by atoms with van der Waals surface area (Å²) in [6, 6.07) is 0.629. The molecule has 1 aromatic carbocycles. The van der Waals surface area contributed by atoms with Crippen LogP contribution >= 0.6 is 0 Å². The lowest BCUT2D eigenvalue weighted by Crippen LogP contribution is -2.47. The van der Waals surface area contributed by atoms with E-state index in [4.69, 9.17) is 10.2 Å². The van der Waals surface area contributed by atoms with Crippen molar-refractivity contribution in [3.63, 3.8) is 0 Å². The molecule has 2 unspecified atom stereocenters. The fourth-order valence-electron chi connectivity index (χ4n) is 1.28. The Balaban J connectivity index is 2.94. The zero-order chi connectivity index (χ0) is 13.9. The normalized spacial score (nSPS) is 13.8. The number of aliphatic carboxylic acids is 1. The van der Waals surface area contributed by atoms with Crippen molar-refractivity contribution in [2.75, 3.05) is 0 Å². The molecule has 1 rings (SSSR count). The van der Waals surface area contributed by atoms with Crippen LogP contribution in [0.3, 0.4) is 0 Å². The first-order valence-corrected chi connectivity index (χ1v) is 4.99. The van der Waals surface area contributed by atoms with E-state index in [1.165, 1.54) is 0 Å². The lowest BCUT2D eigenvalue weighted by Gasteiger charge is -2.17. The molecule has 98 valence electrons. The third-order valence-corrected chi connectivity index (χ3v) is 2.21. The predicted octanol–water partition coefficient (Wildman–Crippen LogP) is 0.529. The fourth-order valence-corrected chi connectivity index (χ4v) is 1.28. The quantitative estimate of drug-likeness (QED) is 0.736. The van der Waals surface area contributed by atoms with Gasteiger partial charge in [0.1, 0.15) is 11.6 Å². The Morgan fingerprint density at radius 2 is 1.94 bits per heavy atom. The molecule has 0 heterocycles. The number of nitrogens with one attached hydrogen (secondary N) is 1. The van der Waals surface area contributed by atoms with Crippen LogP contribution in [0.2, 0.25) is 0 Å². The average molecular weight is 259 g/mol. The second-order valence-electron chi connectivity index (χ2n) is 3.65. The van der Waals surface area contributed by atoms with Crippen LogP contribution in [0.25, 0.3) is 0 Å². The fraction of sp³-hybridized carbons (Fsp3) is 0.273. The highest BCUT2D eigenvalue weighted by Crippen LogP contribution is 2.10. The highest BCUT2D eigenvalue weighted by Gasteiger charge is 2.26. The van der Waals surface area contributed by atoms with Gasteiger partial charge in [-0.05, 0) is 25.1 Å². The molecular weight excluding hydrogens is 248 g/mol. The first kappa shape index (κ1) is 14.0. The molecule has 1 aromatic rings. The van der Waals surface area contributed by atoms with E-state index in [-0.39, 0.29) is 0 Å². The standard InChI is InChI=1S/C11H11F2NO4/c1-5(15)9(11(17)18)14-10(16)7-4-6(12)2-3-8(7)13/h2-5,9,15H,1H3,(H,14,16)(H,17,18). The lowest BCUT2D eigenvalue weighted by molar-refractivity contribution is -0.141. The van der Waals surface area contributed by atoms with E-state index in [1.807, 2.05) is 5.32 Å². The number of carbonyl (C=O) groups is 2. The number of amides is 1. The highest BCUT2D eigenvalue weighted by atomic mass is 19.1. The summed E-state index contributed by atoms with van der Waals surface area (Å²) in [4.78, 5) is 22.3. The van der Waals surface area contributed by atoms with Crippen molar-refractivity contribution in [2.24, 2.45) is 0 Å². The number of aliphatic hydroxyl groups is 1. The molecule has 18 heavy (non-hydrogen) atoms. The third kappa shape index (κ3) is 3.24. The maximum absolute atomic E-state index is 13.2. The van der Waals surface area contributed by atoms with Gasteiger partial charge >= 0.3 is 5.97 Å². The number of hydrogen-bond acceptors (Lipinski definition) is 3. The highest BCUT2D eigenvalue weighted by molar-refractivity contribution is 5.96. The summed E-state index contributed by atoms with van der Waals surface area (Å²) in [5, 5.41) is 19.8. The van der Waals surface area contributed by atoms with E-state index in [2.05, 4.69) is 0 Å². The molecule has 2 atom stereocenters. The summed E-state index contributed by atoms with van der Waals surface area (Å²) >= 11 is 0. The Hall–Kier alpha value is -2.02. The van der Waals surface area contributed by atoms with Crippen LogP contribution in [-0.2, 0) is 4.79 Å². The summed E-state index contributed by atoms with van der Waals surface area (Å²) in [7, 11) is 0.